The molecule has 2 rings (SSSR count). The van der Waals surface area contributed by atoms with E-state index in [9.17, 15) is 8.42 Å². The van der Waals surface area contributed by atoms with E-state index in [0.29, 0.717) is 0 Å². The molecule has 1 aromatic heterocycles. The number of piperidine rings is 1. The van der Waals surface area contributed by atoms with Crippen molar-refractivity contribution in [1.29, 1.82) is 0 Å². The molecule has 0 atom stereocenters. The quantitative estimate of drug-likeness (QED) is 0.834. The fraction of sp³-hybridized carbons (Fsp3) is 0.643. The van der Waals surface area contributed by atoms with Crippen LogP contribution in [0.3, 0.4) is 0 Å². The minimum absolute atomic E-state index is 0.117. The summed E-state index contributed by atoms with van der Waals surface area (Å²) in [6, 6.07) is 2.69. The molecule has 0 unspecified atom stereocenters. The number of hydrogen-bond donors (Lipinski definition) is 2. The first kappa shape index (κ1) is 16.7. The van der Waals surface area contributed by atoms with Gasteiger partial charge >= 0.3 is 0 Å². The van der Waals surface area contributed by atoms with Gasteiger partial charge < -0.3 is 5.32 Å². The number of nitrogens with one attached hydrogen (secondary N) is 2. The summed E-state index contributed by atoms with van der Waals surface area (Å²) in [5.41, 5.74) is -0.240. The Hall–Kier alpha value is -0.690. The monoisotopic (exact) mass is 331 g/mol. The van der Waals surface area contributed by atoms with E-state index >= 15 is 0 Å². The highest BCUT2D eigenvalue weighted by molar-refractivity contribution is 7.89. The molecule has 1 aliphatic rings. The predicted molar refractivity (Wildman–Crippen MR) is 83.9 cm³/mol. The first-order valence-corrected chi connectivity index (χ1v) is 8.79. The maximum atomic E-state index is 12.5. The number of hydrogen-bond acceptors (Lipinski definition) is 4. The molecule has 1 aliphatic heterocycles. The van der Waals surface area contributed by atoms with Crippen LogP contribution in [0.5, 0.6) is 0 Å². The van der Waals surface area contributed by atoms with Crippen LogP contribution in [0, 0.1) is 0 Å². The molecule has 0 amide bonds. The van der Waals surface area contributed by atoms with Gasteiger partial charge in [-0.2, -0.15) is 0 Å². The Morgan fingerprint density at radius 2 is 1.86 bits per heavy atom. The summed E-state index contributed by atoms with van der Waals surface area (Å²) in [5.74, 6) is 0. The molecule has 7 heteroatoms. The van der Waals surface area contributed by atoms with Crippen molar-refractivity contribution in [2.75, 3.05) is 0 Å². The number of rotatable bonds is 3. The Morgan fingerprint density at radius 1 is 1.29 bits per heavy atom. The second kappa shape index (κ2) is 5.50. The third-order valence-corrected chi connectivity index (χ3v) is 5.25. The lowest BCUT2D eigenvalue weighted by Gasteiger charge is -2.46. The first-order valence-electron chi connectivity index (χ1n) is 6.92. The Bertz CT molecular complexity index is 613. The normalized spacial score (nSPS) is 22.1. The van der Waals surface area contributed by atoms with Crippen molar-refractivity contribution >= 4 is 21.6 Å². The Labute approximate surface area is 131 Å². The van der Waals surface area contributed by atoms with Crippen molar-refractivity contribution in [3.8, 4) is 0 Å². The van der Waals surface area contributed by atoms with Gasteiger partial charge in [0.15, 0.2) is 0 Å². The highest BCUT2D eigenvalue weighted by Gasteiger charge is 2.39. The van der Waals surface area contributed by atoms with Crippen molar-refractivity contribution in [3.05, 3.63) is 23.5 Å². The molecule has 0 aliphatic carbocycles. The molecule has 0 radical (unpaired) electrons. The van der Waals surface area contributed by atoms with Gasteiger partial charge in [0.05, 0.1) is 4.90 Å². The molecule has 5 nitrogen and oxygen atoms in total. The number of pyridine rings is 1. The SMILES string of the molecule is CC1(C)CC(NS(=O)(=O)c2ccnc(Cl)c2)CC(C)(C)N1. The van der Waals surface area contributed by atoms with Gasteiger partial charge in [-0.25, -0.2) is 18.1 Å². The molecule has 0 aromatic carbocycles. The lowest BCUT2D eigenvalue weighted by atomic mass is 9.80. The van der Waals surface area contributed by atoms with Crippen molar-refractivity contribution in [1.82, 2.24) is 15.0 Å². The molecule has 2 heterocycles. The van der Waals surface area contributed by atoms with E-state index in [0.717, 1.165) is 12.8 Å². The van der Waals surface area contributed by atoms with Gasteiger partial charge in [-0.3, -0.25) is 0 Å². The zero-order valence-corrected chi connectivity index (χ0v) is 14.3. The molecule has 21 heavy (non-hydrogen) atoms. The van der Waals surface area contributed by atoms with Crippen LogP contribution in [0.2, 0.25) is 5.15 Å². The maximum absolute atomic E-state index is 12.5. The van der Waals surface area contributed by atoms with Crippen molar-refractivity contribution in [2.45, 2.75) is 62.6 Å². The van der Waals surface area contributed by atoms with Crippen molar-refractivity contribution in [2.24, 2.45) is 0 Å². The molecule has 1 fully saturated rings. The van der Waals surface area contributed by atoms with Crippen LogP contribution in [-0.2, 0) is 10.0 Å². The van der Waals surface area contributed by atoms with Crippen molar-refractivity contribution < 1.29 is 8.42 Å². The Balaban J connectivity index is 2.20. The number of nitrogens with zero attached hydrogens (tertiary/aromatic N) is 1. The van der Waals surface area contributed by atoms with Crippen LogP contribution in [-0.4, -0.2) is 30.5 Å². The van der Waals surface area contributed by atoms with Crippen LogP contribution < -0.4 is 10.0 Å². The molecule has 0 bridgehead atoms. The van der Waals surface area contributed by atoms with Crippen LogP contribution in [0.4, 0.5) is 0 Å². The molecular weight excluding hydrogens is 310 g/mol. The molecule has 1 saturated heterocycles. The predicted octanol–water partition coefficient (Wildman–Crippen LogP) is 2.32. The van der Waals surface area contributed by atoms with Crippen molar-refractivity contribution in [3.63, 3.8) is 0 Å². The number of sulfonamides is 1. The summed E-state index contributed by atoms with van der Waals surface area (Å²) < 4.78 is 27.7. The largest absolute Gasteiger partial charge is 0.307 e. The zero-order valence-electron chi connectivity index (χ0n) is 12.8. The van der Waals surface area contributed by atoms with E-state index in [1.165, 1.54) is 18.3 Å². The van der Waals surface area contributed by atoms with E-state index in [1.54, 1.807) is 0 Å². The van der Waals surface area contributed by atoms with Crippen LogP contribution >= 0.6 is 11.6 Å². The first-order chi connectivity index (χ1) is 9.49. The fourth-order valence-electron chi connectivity index (χ4n) is 3.24. The Morgan fingerprint density at radius 3 is 2.38 bits per heavy atom. The summed E-state index contributed by atoms with van der Waals surface area (Å²) >= 11 is 5.77. The minimum atomic E-state index is -3.59. The minimum Gasteiger partial charge on any atom is -0.307 e. The van der Waals surface area contributed by atoms with Gasteiger partial charge in [0.25, 0.3) is 0 Å². The average molecular weight is 332 g/mol. The average Bonchev–Trinajstić information content (AvgIpc) is 2.23. The number of halogens is 1. The van der Waals surface area contributed by atoms with Crippen LogP contribution in [0.1, 0.15) is 40.5 Å². The third-order valence-electron chi connectivity index (χ3n) is 3.52. The van der Waals surface area contributed by atoms with Crippen LogP contribution in [0.15, 0.2) is 23.2 Å². The van der Waals surface area contributed by atoms with E-state index in [2.05, 4.69) is 42.7 Å². The zero-order chi connectivity index (χ0) is 15.9. The summed E-state index contributed by atoms with van der Waals surface area (Å²) in [7, 11) is -3.59. The topological polar surface area (TPSA) is 71.1 Å². The summed E-state index contributed by atoms with van der Waals surface area (Å²) in [5, 5.41) is 3.70. The van der Waals surface area contributed by atoms with Gasteiger partial charge in [0.2, 0.25) is 10.0 Å². The summed E-state index contributed by atoms with van der Waals surface area (Å²) in [4.78, 5) is 3.96. The van der Waals surface area contributed by atoms with Gasteiger partial charge in [-0.15, -0.1) is 0 Å². The third kappa shape index (κ3) is 4.39. The molecular formula is C14H22ClN3O2S. The maximum Gasteiger partial charge on any atom is 0.240 e. The van der Waals surface area contributed by atoms with E-state index < -0.39 is 10.0 Å². The molecule has 2 N–H and O–H groups in total. The summed E-state index contributed by atoms with van der Waals surface area (Å²) in [6.45, 7) is 8.33. The molecule has 1 aromatic rings. The fourth-order valence-corrected chi connectivity index (χ4v) is 4.73. The standard InChI is InChI=1S/C14H22ClN3O2S/c1-13(2)8-10(9-14(3,4)18-13)17-21(19,20)11-5-6-16-12(15)7-11/h5-7,10,17-18H,8-9H2,1-4H3. The smallest absolute Gasteiger partial charge is 0.240 e. The highest BCUT2D eigenvalue weighted by atomic mass is 35.5. The lowest BCUT2D eigenvalue weighted by molar-refractivity contribution is 0.157. The van der Waals surface area contributed by atoms with E-state index in [-0.39, 0.29) is 27.2 Å². The summed E-state index contributed by atoms with van der Waals surface area (Å²) in [6.07, 6.45) is 2.86. The number of aromatic nitrogens is 1. The van der Waals surface area contributed by atoms with Gasteiger partial charge in [0.1, 0.15) is 5.15 Å². The Kier molecular flexibility index (Phi) is 4.37. The second-order valence-electron chi connectivity index (χ2n) is 6.93. The van der Waals surface area contributed by atoms with E-state index in [1.807, 2.05) is 0 Å². The van der Waals surface area contributed by atoms with E-state index in [4.69, 9.17) is 11.6 Å². The van der Waals surface area contributed by atoms with Gasteiger partial charge in [0, 0.05) is 23.3 Å². The molecule has 0 spiro atoms. The molecule has 118 valence electrons. The van der Waals surface area contributed by atoms with Crippen LogP contribution in [0.25, 0.3) is 0 Å². The van der Waals surface area contributed by atoms with Gasteiger partial charge in [-0.05, 0) is 52.7 Å². The molecule has 0 saturated carbocycles. The second-order valence-corrected chi connectivity index (χ2v) is 9.03. The highest BCUT2D eigenvalue weighted by Crippen LogP contribution is 2.29. The van der Waals surface area contributed by atoms with Gasteiger partial charge in [-0.1, -0.05) is 11.6 Å². The lowest BCUT2D eigenvalue weighted by Crippen LogP contribution is -2.62.